The molecule has 0 saturated carbocycles. The lowest BCUT2D eigenvalue weighted by Crippen LogP contribution is -2.29. The molecule has 1 aliphatic rings. The Kier molecular flexibility index (Phi) is 6.44. The van der Waals surface area contributed by atoms with Gasteiger partial charge in [-0.1, -0.05) is 71.7 Å². The largest absolute Gasteiger partial charge is 0.489 e. The molecule has 176 valence electrons. The molecule has 7 nitrogen and oxygen atoms in total. The van der Waals surface area contributed by atoms with Crippen LogP contribution in [0.2, 0.25) is 10.0 Å². The molecular weight excluding hydrogens is 487 g/mol. The van der Waals surface area contributed by atoms with Gasteiger partial charge in [-0.15, -0.1) is 0 Å². The molecule has 0 unspecified atom stereocenters. The minimum Gasteiger partial charge on any atom is -0.489 e. The van der Waals surface area contributed by atoms with E-state index in [1.54, 1.807) is 16.8 Å². The third-order valence-corrected chi connectivity index (χ3v) is 6.39. The number of nitrogens with zero attached hydrogens (tertiary/aromatic N) is 3. The van der Waals surface area contributed by atoms with Crippen LogP contribution in [0.4, 0.5) is 5.95 Å². The molecule has 9 heteroatoms. The first-order valence-corrected chi connectivity index (χ1v) is 11.5. The van der Waals surface area contributed by atoms with Gasteiger partial charge in [-0.2, -0.15) is 10.1 Å². The number of aromatic nitrogens is 3. The Labute approximate surface area is 211 Å². The zero-order valence-electron chi connectivity index (χ0n) is 18.6. The monoisotopic (exact) mass is 506 g/mol. The van der Waals surface area contributed by atoms with E-state index in [2.05, 4.69) is 15.4 Å². The number of fused-ring (bicyclic) bond motifs is 1. The molecule has 0 bridgehead atoms. The van der Waals surface area contributed by atoms with Crippen molar-refractivity contribution in [2.45, 2.75) is 12.6 Å². The highest BCUT2D eigenvalue weighted by molar-refractivity contribution is 6.42. The van der Waals surface area contributed by atoms with Crippen molar-refractivity contribution in [2.24, 2.45) is 0 Å². The molecule has 0 spiro atoms. The molecule has 2 heterocycles. The quantitative estimate of drug-likeness (QED) is 0.334. The van der Waals surface area contributed by atoms with Crippen molar-refractivity contribution in [3.05, 3.63) is 111 Å². The summed E-state index contributed by atoms with van der Waals surface area (Å²) in [5.41, 5.74) is 3.63. The predicted molar refractivity (Wildman–Crippen MR) is 134 cm³/mol. The van der Waals surface area contributed by atoms with Crippen molar-refractivity contribution >= 4 is 40.8 Å². The van der Waals surface area contributed by atoms with Crippen molar-refractivity contribution in [3.63, 3.8) is 0 Å². The smallest absolute Gasteiger partial charge is 0.338 e. The lowest BCUT2D eigenvalue weighted by molar-refractivity contribution is -0.136. The second-order valence-corrected chi connectivity index (χ2v) is 8.62. The number of ether oxygens (including phenoxy) is 2. The van der Waals surface area contributed by atoms with Crippen LogP contribution in [0.1, 0.15) is 22.7 Å². The van der Waals surface area contributed by atoms with Crippen molar-refractivity contribution in [1.82, 2.24) is 14.8 Å². The number of hydrogen-bond acceptors (Lipinski definition) is 6. The van der Waals surface area contributed by atoms with Crippen LogP contribution in [0.15, 0.2) is 84.7 Å². The topological polar surface area (TPSA) is 78.3 Å². The van der Waals surface area contributed by atoms with Gasteiger partial charge in [0.15, 0.2) is 0 Å². The maximum atomic E-state index is 13.0. The first-order chi connectivity index (χ1) is 17.0. The number of nitrogens with one attached hydrogen (secondary N) is 1. The second kappa shape index (κ2) is 9.82. The molecule has 5 rings (SSSR count). The molecule has 1 aliphatic heterocycles. The van der Waals surface area contributed by atoms with Gasteiger partial charge in [0.05, 0.1) is 28.4 Å². The molecule has 0 saturated heterocycles. The maximum Gasteiger partial charge on any atom is 0.338 e. The van der Waals surface area contributed by atoms with Crippen LogP contribution in [-0.2, 0) is 16.1 Å². The van der Waals surface area contributed by atoms with Gasteiger partial charge in [-0.25, -0.2) is 9.48 Å². The number of anilines is 1. The summed E-state index contributed by atoms with van der Waals surface area (Å²) in [6.07, 6.45) is 1.45. The third-order valence-electron chi connectivity index (χ3n) is 5.65. The Morgan fingerprint density at radius 1 is 1.03 bits per heavy atom. The minimum atomic E-state index is -0.541. The normalized spacial score (nSPS) is 14.8. The first kappa shape index (κ1) is 23.0. The lowest BCUT2D eigenvalue weighted by atomic mass is 9.93. The van der Waals surface area contributed by atoms with E-state index in [0.29, 0.717) is 39.6 Å². The molecule has 35 heavy (non-hydrogen) atoms. The van der Waals surface area contributed by atoms with E-state index in [1.807, 2.05) is 60.7 Å². The SMILES string of the molecule is COC(=O)C1=C(c2ccccc2)Nc2ncnn2[C@H]1c1ccc(OCc2ccc(Cl)c(Cl)c2)cc1. The van der Waals surface area contributed by atoms with Crippen LogP contribution in [0, 0.1) is 0 Å². The van der Waals surface area contributed by atoms with Crippen molar-refractivity contribution in [2.75, 3.05) is 12.4 Å². The molecule has 1 atom stereocenters. The Balaban J connectivity index is 1.48. The zero-order chi connectivity index (χ0) is 24.4. The minimum absolute atomic E-state index is 0.336. The second-order valence-electron chi connectivity index (χ2n) is 7.81. The number of hydrogen-bond donors (Lipinski definition) is 1. The van der Waals surface area contributed by atoms with Gasteiger partial charge in [-0.05, 0) is 41.0 Å². The highest BCUT2D eigenvalue weighted by Gasteiger charge is 2.35. The third kappa shape index (κ3) is 4.60. The molecule has 0 radical (unpaired) electrons. The van der Waals surface area contributed by atoms with E-state index in [-0.39, 0.29) is 0 Å². The fraction of sp³-hybridized carbons (Fsp3) is 0.115. The number of esters is 1. The summed E-state index contributed by atoms with van der Waals surface area (Å²) < 4.78 is 12.8. The molecule has 1 aromatic heterocycles. The van der Waals surface area contributed by atoms with Crippen LogP contribution in [0.25, 0.3) is 5.70 Å². The summed E-state index contributed by atoms with van der Waals surface area (Å²) >= 11 is 12.1. The fourth-order valence-electron chi connectivity index (χ4n) is 3.97. The highest BCUT2D eigenvalue weighted by atomic mass is 35.5. The van der Waals surface area contributed by atoms with E-state index >= 15 is 0 Å². The van der Waals surface area contributed by atoms with Crippen molar-refractivity contribution < 1.29 is 14.3 Å². The van der Waals surface area contributed by atoms with Crippen LogP contribution in [0.5, 0.6) is 5.75 Å². The van der Waals surface area contributed by atoms with Crippen LogP contribution in [0.3, 0.4) is 0 Å². The molecule has 0 fully saturated rings. The summed E-state index contributed by atoms with van der Waals surface area (Å²) in [5.74, 6) is 0.739. The van der Waals surface area contributed by atoms with E-state index in [4.69, 9.17) is 32.7 Å². The van der Waals surface area contributed by atoms with E-state index in [1.165, 1.54) is 13.4 Å². The number of methoxy groups -OCH3 is 1. The Hall–Kier alpha value is -3.81. The molecule has 4 aromatic rings. The van der Waals surface area contributed by atoms with Gasteiger partial charge in [0, 0.05) is 0 Å². The number of carbonyl (C=O) groups is 1. The Morgan fingerprint density at radius 3 is 2.51 bits per heavy atom. The summed E-state index contributed by atoms with van der Waals surface area (Å²) in [6.45, 7) is 0.336. The van der Waals surface area contributed by atoms with Crippen molar-refractivity contribution in [1.29, 1.82) is 0 Å². The number of rotatable bonds is 6. The van der Waals surface area contributed by atoms with Crippen LogP contribution in [-0.4, -0.2) is 27.8 Å². The molecule has 0 aliphatic carbocycles. The van der Waals surface area contributed by atoms with Crippen LogP contribution < -0.4 is 10.1 Å². The average molecular weight is 507 g/mol. The highest BCUT2D eigenvalue weighted by Crippen LogP contribution is 2.39. The number of benzene rings is 3. The fourth-order valence-corrected chi connectivity index (χ4v) is 4.29. The van der Waals surface area contributed by atoms with Gasteiger partial charge in [0.25, 0.3) is 0 Å². The number of halogens is 2. The summed E-state index contributed by atoms with van der Waals surface area (Å²) in [7, 11) is 1.37. The standard InChI is InChI=1S/C26H20Cl2N4O3/c1-34-25(33)22-23(17-5-3-2-4-6-17)31-26-29-15-30-32(26)24(22)18-8-10-19(11-9-18)35-14-16-7-12-20(27)21(28)13-16/h2-13,15,24H,14H2,1H3,(H,29,30,31)/t24-/m0/s1. The molecular formula is C26H20Cl2N4O3. The average Bonchev–Trinajstić information content (AvgIpc) is 3.37. The van der Waals surface area contributed by atoms with Gasteiger partial charge in [0.2, 0.25) is 5.95 Å². The summed E-state index contributed by atoms with van der Waals surface area (Å²) in [6, 6.07) is 21.9. The summed E-state index contributed by atoms with van der Waals surface area (Å²) in [4.78, 5) is 17.3. The molecule has 0 amide bonds. The lowest BCUT2D eigenvalue weighted by Gasteiger charge is -2.29. The van der Waals surface area contributed by atoms with E-state index in [0.717, 1.165) is 16.7 Å². The van der Waals surface area contributed by atoms with Crippen molar-refractivity contribution in [3.8, 4) is 5.75 Å². The number of carbonyl (C=O) groups excluding carboxylic acids is 1. The maximum absolute atomic E-state index is 13.0. The van der Waals surface area contributed by atoms with E-state index in [9.17, 15) is 4.79 Å². The molecule has 1 N–H and O–H groups in total. The zero-order valence-corrected chi connectivity index (χ0v) is 20.1. The van der Waals surface area contributed by atoms with Gasteiger partial charge < -0.3 is 14.8 Å². The van der Waals surface area contributed by atoms with Crippen LogP contribution >= 0.6 is 23.2 Å². The Bertz CT molecular complexity index is 1400. The Morgan fingerprint density at radius 2 is 1.80 bits per heavy atom. The van der Waals surface area contributed by atoms with Gasteiger partial charge >= 0.3 is 5.97 Å². The summed E-state index contributed by atoms with van der Waals surface area (Å²) in [5, 5.41) is 8.59. The first-order valence-electron chi connectivity index (χ1n) is 10.8. The van der Waals surface area contributed by atoms with Gasteiger partial charge in [0.1, 0.15) is 24.7 Å². The van der Waals surface area contributed by atoms with E-state index < -0.39 is 12.0 Å². The predicted octanol–water partition coefficient (Wildman–Crippen LogP) is 5.76. The molecule has 3 aromatic carbocycles. The van der Waals surface area contributed by atoms with Gasteiger partial charge in [-0.3, -0.25) is 0 Å².